The van der Waals surface area contributed by atoms with Gasteiger partial charge in [-0.05, 0) is 29.8 Å². The van der Waals surface area contributed by atoms with E-state index in [0.717, 1.165) is 18.5 Å². The summed E-state index contributed by atoms with van der Waals surface area (Å²) in [5.41, 5.74) is 1.82. The summed E-state index contributed by atoms with van der Waals surface area (Å²) >= 11 is 0. The number of ether oxygens (including phenoxy) is 3. The van der Waals surface area contributed by atoms with Crippen molar-refractivity contribution in [3.8, 4) is 5.75 Å². The number of carbonyl (C=O) groups is 1. The van der Waals surface area contributed by atoms with E-state index in [1.54, 1.807) is 24.3 Å². The van der Waals surface area contributed by atoms with Gasteiger partial charge < -0.3 is 14.2 Å². The van der Waals surface area contributed by atoms with Crippen molar-refractivity contribution >= 4 is 6.29 Å². The molecule has 0 amide bonds. The van der Waals surface area contributed by atoms with Crippen molar-refractivity contribution in [2.45, 2.75) is 18.6 Å². The fourth-order valence-corrected chi connectivity index (χ4v) is 2.46. The lowest BCUT2D eigenvalue weighted by atomic mass is 10.0. The molecule has 2 atom stereocenters. The SMILES string of the molecule is O=Cc1ccc(OC(Cc2ccccc2)C2COCO2)cc1. The second kappa shape index (κ2) is 7.20. The number of hydrogen-bond donors (Lipinski definition) is 0. The molecule has 22 heavy (non-hydrogen) atoms. The number of aldehydes is 1. The molecule has 1 saturated heterocycles. The second-order valence-corrected chi connectivity index (χ2v) is 5.23. The summed E-state index contributed by atoms with van der Waals surface area (Å²) in [6, 6.07) is 17.3. The maximum Gasteiger partial charge on any atom is 0.150 e. The van der Waals surface area contributed by atoms with Crippen molar-refractivity contribution in [3.05, 3.63) is 65.7 Å². The van der Waals surface area contributed by atoms with Crippen molar-refractivity contribution in [2.24, 2.45) is 0 Å². The topological polar surface area (TPSA) is 44.8 Å². The summed E-state index contributed by atoms with van der Waals surface area (Å²) in [5, 5.41) is 0. The Morgan fingerprint density at radius 2 is 1.91 bits per heavy atom. The third-order valence-corrected chi connectivity index (χ3v) is 3.65. The minimum absolute atomic E-state index is 0.0917. The van der Waals surface area contributed by atoms with E-state index in [0.29, 0.717) is 19.0 Å². The molecule has 0 N–H and O–H groups in total. The molecule has 0 aromatic heterocycles. The second-order valence-electron chi connectivity index (χ2n) is 5.23. The van der Waals surface area contributed by atoms with Crippen molar-refractivity contribution < 1.29 is 19.0 Å². The number of hydrogen-bond acceptors (Lipinski definition) is 4. The Morgan fingerprint density at radius 3 is 2.55 bits per heavy atom. The fraction of sp³-hybridized carbons (Fsp3) is 0.278. The first-order chi connectivity index (χ1) is 10.8. The summed E-state index contributed by atoms with van der Waals surface area (Å²) in [5.74, 6) is 0.724. The Labute approximate surface area is 129 Å². The first-order valence-corrected chi connectivity index (χ1v) is 7.30. The van der Waals surface area contributed by atoms with Crippen LogP contribution in [0.4, 0.5) is 0 Å². The summed E-state index contributed by atoms with van der Waals surface area (Å²) in [7, 11) is 0. The predicted octanol–water partition coefficient (Wildman–Crippen LogP) is 2.86. The van der Waals surface area contributed by atoms with Crippen molar-refractivity contribution in [3.63, 3.8) is 0 Å². The van der Waals surface area contributed by atoms with E-state index in [4.69, 9.17) is 14.2 Å². The van der Waals surface area contributed by atoms with Crippen LogP contribution in [0, 0.1) is 0 Å². The van der Waals surface area contributed by atoms with E-state index in [9.17, 15) is 4.79 Å². The highest BCUT2D eigenvalue weighted by atomic mass is 16.7. The molecule has 1 aliphatic rings. The summed E-state index contributed by atoms with van der Waals surface area (Å²) < 4.78 is 17.0. The Hall–Kier alpha value is -2.17. The highest BCUT2D eigenvalue weighted by molar-refractivity contribution is 5.74. The van der Waals surface area contributed by atoms with Gasteiger partial charge in [0, 0.05) is 12.0 Å². The minimum atomic E-state index is -0.132. The highest BCUT2D eigenvalue weighted by Gasteiger charge is 2.28. The van der Waals surface area contributed by atoms with E-state index in [2.05, 4.69) is 12.1 Å². The Bertz CT molecular complexity index is 588. The minimum Gasteiger partial charge on any atom is -0.487 e. The molecule has 2 aromatic rings. The molecular weight excluding hydrogens is 280 g/mol. The zero-order valence-electron chi connectivity index (χ0n) is 12.2. The van der Waals surface area contributed by atoms with Crippen LogP contribution in [0.5, 0.6) is 5.75 Å². The molecule has 1 heterocycles. The average Bonchev–Trinajstić information content (AvgIpc) is 3.10. The molecule has 4 nitrogen and oxygen atoms in total. The first kappa shape index (κ1) is 14.8. The maximum absolute atomic E-state index is 10.7. The number of benzene rings is 2. The van der Waals surface area contributed by atoms with Gasteiger partial charge in [-0.1, -0.05) is 30.3 Å². The third kappa shape index (κ3) is 3.72. The Morgan fingerprint density at radius 1 is 1.14 bits per heavy atom. The lowest BCUT2D eigenvalue weighted by Crippen LogP contribution is -2.35. The van der Waals surface area contributed by atoms with Crippen LogP contribution in [0.2, 0.25) is 0 Å². The molecule has 114 valence electrons. The molecular formula is C18H18O4. The van der Waals surface area contributed by atoms with Gasteiger partial charge in [-0.15, -0.1) is 0 Å². The van der Waals surface area contributed by atoms with Gasteiger partial charge in [0.1, 0.15) is 31.0 Å². The zero-order valence-corrected chi connectivity index (χ0v) is 12.2. The van der Waals surface area contributed by atoms with E-state index < -0.39 is 0 Å². The molecule has 0 aliphatic carbocycles. The van der Waals surface area contributed by atoms with Gasteiger partial charge in [-0.3, -0.25) is 4.79 Å². The molecule has 0 bridgehead atoms. The standard InChI is InChI=1S/C18H18O4/c19-11-15-6-8-16(9-7-15)22-17(18-12-20-13-21-18)10-14-4-2-1-3-5-14/h1-9,11,17-18H,10,12-13H2. The number of carbonyl (C=O) groups excluding carboxylic acids is 1. The molecule has 0 radical (unpaired) electrons. The Balaban J connectivity index is 1.73. The van der Waals surface area contributed by atoms with Crippen LogP contribution >= 0.6 is 0 Å². The third-order valence-electron chi connectivity index (χ3n) is 3.65. The van der Waals surface area contributed by atoms with E-state index in [1.165, 1.54) is 5.56 Å². The van der Waals surface area contributed by atoms with Crippen molar-refractivity contribution in [1.29, 1.82) is 0 Å². The smallest absolute Gasteiger partial charge is 0.150 e. The van der Waals surface area contributed by atoms with Crippen LogP contribution in [0.1, 0.15) is 15.9 Å². The van der Waals surface area contributed by atoms with E-state index in [-0.39, 0.29) is 12.2 Å². The summed E-state index contributed by atoms with van der Waals surface area (Å²) in [4.78, 5) is 10.7. The fourth-order valence-electron chi connectivity index (χ4n) is 2.46. The maximum atomic E-state index is 10.7. The lowest BCUT2D eigenvalue weighted by Gasteiger charge is -2.23. The van der Waals surface area contributed by atoms with Gasteiger partial charge in [0.15, 0.2) is 0 Å². The lowest BCUT2D eigenvalue weighted by molar-refractivity contribution is 0.000445. The van der Waals surface area contributed by atoms with Crippen LogP contribution in [0.25, 0.3) is 0 Å². The highest BCUT2D eigenvalue weighted by Crippen LogP contribution is 2.20. The van der Waals surface area contributed by atoms with Gasteiger partial charge >= 0.3 is 0 Å². The molecule has 1 fully saturated rings. The normalized spacial score (nSPS) is 18.8. The molecule has 2 unspecified atom stereocenters. The van der Waals surface area contributed by atoms with Crippen molar-refractivity contribution in [1.82, 2.24) is 0 Å². The van der Waals surface area contributed by atoms with Crippen LogP contribution < -0.4 is 4.74 Å². The predicted molar refractivity (Wildman–Crippen MR) is 82.1 cm³/mol. The van der Waals surface area contributed by atoms with Gasteiger partial charge in [0.05, 0.1) is 6.61 Å². The van der Waals surface area contributed by atoms with Crippen LogP contribution in [0.15, 0.2) is 54.6 Å². The van der Waals surface area contributed by atoms with Crippen LogP contribution in [0.3, 0.4) is 0 Å². The molecule has 3 rings (SSSR count). The van der Waals surface area contributed by atoms with Gasteiger partial charge in [0.2, 0.25) is 0 Å². The number of rotatable bonds is 6. The largest absolute Gasteiger partial charge is 0.487 e. The molecule has 0 spiro atoms. The van der Waals surface area contributed by atoms with Gasteiger partial charge in [-0.25, -0.2) is 0 Å². The van der Waals surface area contributed by atoms with Crippen LogP contribution in [-0.2, 0) is 15.9 Å². The first-order valence-electron chi connectivity index (χ1n) is 7.30. The van der Waals surface area contributed by atoms with E-state index >= 15 is 0 Å². The zero-order chi connectivity index (χ0) is 15.2. The summed E-state index contributed by atoms with van der Waals surface area (Å²) in [6.07, 6.45) is 1.33. The van der Waals surface area contributed by atoms with E-state index in [1.807, 2.05) is 18.2 Å². The van der Waals surface area contributed by atoms with Gasteiger partial charge in [0.25, 0.3) is 0 Å². The monoisotopic (exact) mass is 298 g/mol. The van der Waals surface area contributed by atoms with Crippen molar-refractivity contribution in [2.75, 3.05) is 13.4 Å². The molecule has 1 aliphatic heterocycles. The average molecular weight is 298 g/mol. The Kier molecular flexibility index (Phi) is 4.83. The molecule has 4 heteroatoms. The molecule has 2 aromatic carbocycles. The molecule has 0 saturated carbocycles. The van der Waals surface area contributed by atoms with Gasteiger partial charge in [-0.2, -0.15) is 0 Å². The van der Waals surface area contributed by atoms with Crippen LogP contribution in [-0.4, -0.2) is 31.9 Å². The quantitative estimate of drug-likeness (QED) is 0.769. The summed E-state index contributed by atoms with van der Waals surface area (Å²) in [6.45, 7) is 0.841.